The fourth-order valence-corrected chi connectivity index (χ4v) is 2.91. The number of aliphatic hydroxyl groups is 1. The van der Waals surface area contributed by atoms with Crippen LogP contribution in [0.25, 0.3) is 0 Å². The summed E-state index contributed by atoms with van der Waals surface area (Å²) in [7, 11) is 0. The van der Waals surface area contributed by atoms with E-state index in [9.17, 15) is 5.11 Å². The molecule has 1 fully saturated rings. The van der Waals surface area contributed by atoms with E-state index in [0.717, 1.165) is 32.4 Å². The van der Waals surface area contributed by atoms with Gasteiger partial charge in [0.05, 0.1) is 12.7 Å². The van der Waals surface area contributed by atoms with E-state index in [0.29, 0.717) is 6.10 Å². The van der Waals surface area contributed by atoms with Crippen LogP contribution >= 0.6 is 0 Å². The number of nitrogens with one attached hydrogen (secondary N) is 1. The van der Waals surface area contributed by atoms with E-state index in [1.54, 1.807) is 0 Å². The fraction of sp³-hybridized carbons (Fsp3) is 1.00. The van der Waals surface area contributed by atoms with E-state index in [1.165, 1.54) is 32.1 Å². The zero-order valence-electron chi connectivity index (χ0n) is 12.2. The predicted molar refractivity (Wildman–Crippen MR) is 75.8 cm³/mol. The number of rotatable bonds is 10. The molecule has 0 spiro atoms. The molecule has 2 atom stereocenters. The average molecular weight is 257 g/mol. The Balaban J connectivity index is 2.10. The predicted octanol–water partition coefficient (Wildman–Crippen LogP) is 2.87. The number of aliphatic hydroxyl groups excluding tert-OH is 1. The first-order valence-electron chi connectivity index (χ1n) is 7.74. The van der Waals surface area contributed by atoms with Gasteiger partial charge in [0.25, 0.3) is 0 Å². The lowest BCUT2D eigenvalue weighted by molar-refractivity contribution is 0.0446. The van der Waals surface area contributed by atoms with Gasteiger partial charge in [0.1, 0.15) is 0 Å². The Morgan fingerprint density at radius 1 is 1.22 bits per heavy atom. The molecule has 0 amide bonds. The molecule has 108 valence electrons. The number of hydrogen-bond acceptors (Lipinski definition) is 3. The van der Waals surface area contributed by atoms with Gasteiger partial charge in [-0.1, -0.05) is 39.5 Å². The van der Waals surface area contributed by atoms with Gasteiger partial charge in [-0.05, 0) is 32.2 Å². The summed E-state index contributed by atoms with van der Waals surface area (Å²) in [5.74, 6) is 0. The molecule has 3 heteroatoms. The lowest BCUT2D eigenvalue weighted by Gasteiger charge is -2.27. The van der Waals surface area contributed by atoms with Gasteiger partial charge < -0.3 is 15.2 Å². The highest BCUT2D eigenvalue weighted by Crippen LogP contribution is 2.31. The van der Waals surface area contributed by atoms with Crippen LogP contribution in [-0.4, -0.2) is 36.5 Å². The maximum atomic E-state index is 9.52. The molecule has 0 aliphatic heterocycles. The summed E-state index contributed by atoms with van der Waals surface area (Å²) in [6.45, 7) is 6.38. The molecule has 1 saturated carbocycles. The molecule has 0 saturated heterocycles. The summed E-state index contributed by atoms with van der Waals surface area (Å²) < 4.78 is 5.94. The normalized spacial score (nSPS) is 27.8. The van der Waals surface area contributed by atoms with Crippen LogP contribution in [-0.2, 0) is 4.74 Å². The number of likely N-dealkylation sites (N-methyl/N-ethyl adjacent to an activating group) is 1. The first-order chi connectivity index (χ1) is 8.76. The maximum absolute atomic E-state index is 9.52. The van der Waals surface area contributed by atoms with Gasteiger partial charge in [-0.25, -0.2) is 0 Å². The van der Waals surface area contributed by atoms with E-state index >= 15 is 0 Å². The van der Waals surface area contributed by atoms with Gasteiger partial charge in [-0.2, -0.15) is 0 Å². The fourth-order valence-electron chi connectivity index (χ4n) is 2.91. The smallest absolute Gasteiger partial charge is 0.0614 e. The molecular formula is C15H31NO2. The molecule has 0 aromatic heterocycles. The summed E-state index contributed by atoms with van der Waals surface area (Å²) in [6.07, 6.45) is 9.89. The van der Waals surface area contributed by atoms with Crippen LogP contribution in [0.2, 0.25) is 0 Å². The van der Waals surface area contributed by atoms with Crippen LogP contribution in [0.15, 0.2) is 0 Å². The molecule has 3 nitrogen and oxygen atoms in total. The molecule has 1 rings (SSSR count). The van der Waals surface area contributed by atoms with Crippen LogP contribution < -0.4 is 5.32 Å². The van der Waals surface area contributed by atoms with Crippen molar-refractivity contribution in [1.82, 2.24) is 5.32 Å². The number of hydrogen-bond donors (Lipinski definition) is 2. The van der Waals surface area contributed by atoms with E-state index in [-0.39, 0.29) is 12.1 Å². The van der Waals surface area contributed by atoms with Gasteiger partial charge in [-0.15, -0.1) is 0 Å². The molecule has 18 heavy (non-hydrogen) atoms. The quantitative estimate of drug-likeness (QED) is 0.591. The Kier molecular flexibility index (Phi) is 7.87. The van der Waals surface area contributed by atoms with Crippen LogP contribution in [0.1, 0.15) is 65.2 Å². The minimum atomic E-state index is -0.0678. The van der Waals surface area contributed by atoms with Crippen LogP contribution in [0.4, 0.5) is 0 Å². The van der Waals surface area contributed by atoms with Gasteiger partial charge in [0.15, 0.2) is 0 Å². The second-order valence-electron chi connectivity index (χ2n) is 5.62. The van der Waals surface area contributed by atoms with Crippen molar-refractivity contribution in [2.75, 3.05) is 19.8 Å². The van der Waals surface area contributed by atoms with Crippen molar-refractivity contribution in [1.29, 1.82) is 0 Å². The van der Waals surface area contributed by atoms with Gasteiger partial charge >= 0.3 is 0 Å². The SMILES string of the molecule is CCCCCCCOC1CCC(CO)(NCC)C1. The average Bonchev–Trinajstić information content (AvgIpc) is 2.78. The summed E-state index contributed by atoms with van der Waals surface area (Å²) in [6, 6.07) is 0. The van der Waals surface area contributed by atoms with Crippen molar-refractivity contribution in [3.63, 3.8) is 0 Å². The van der Waals surface area contributed by atoms with Crippen molar-refractivity contribution in [2.45, 2.75) is 76.9 Å². The molecule has 1 aliphatic carbocycles. The first-order valence-corrected chi connectivity index (χ1v) is 7.74. The van der Waals surface area contributed by atoms with E-state index in [4.69, 9.17) is 4.74 Å². The Bertz CT molecular complexity index is 211. The van der Waals surface area contributed by atoms with Crippen molar-refractivity contribution in [2.24, 2.45) is 0 Å². The third-order valence-electron chi connectivity index (χ3n) is 4.02. The van der Waals surface area contributed by atoms with E-state index in [1.807, 2.05) is 0 Å². The lowest BCUT2D eigenvalue weighted by Crippen LogP contribution is -2.46. The summed E-state index contributed by atoms with van der Waals surface area (Å²) in [4.78, 5) is 0. The van der Waals surface area contributed by atoms with Crippen molar-refractivity contribution in [3.05, 3.63) is 0 Å². The van der Waals surface area contributed by atoms with E-state index in [2.05, 4.69) is 19.2 Å². The molecule has 0 radical (unpaired) electrons. The zero-order chi connectivity index (χ0) is 13.3. The van der Waals surface area contributed by atoms with Crippen molar-refractivity contribution < 1.29 is 9.84 Å². The number of ether oxygens (including phenoxy) is 1. The molecule has 0 aromatic rings. The second-order valence-corrected chi connectivity index (χ2v) is 5.62. The van der Waals surface area contributed by atoms with Crippen LogP contribution in [0, 0.1) is 0 Å². The molecule has 0 bridgehead atoms. The Labute approximate surface area is 112 Å². The zero-order valence-corrected chi connectivity index (χ0v) is 12.2. The summed E-state index contributed by atoms with van der Waals surface area (Å²) >= 11 is 0. The number of unbranched alkanes of at least 4 members (excludes halogenated alkanes) is 4. The van der Waals surface area contributed by atoms with Crippen molar-refractivity contribution >= 4 is 0 Å². The highest BCUT2D eigenvalue weighted by atomic mass is 16.5. The second kappa shape index (κ2) is 8.89. The molecule has 2 unspecified atom stereocenters. The summed E-state index contributed by atoms with van der Waals surface area (Å²) in [5, 5.41) is 12.9. The topological polar surface area (TPSA) is 41.5 Å². The Morgan fingerprint density at radius 2 is 2.00 bits per heavy atom. The van der Waals surface area contributed by atoms with Crippen LogP contribution in [0.5, 0.6) is 0 Å². The molecular weight excluding hydrogens is 226 g/mol. The molecule has 0 heterocycles. The third kappa shape index (κ3) is 5.25. The van der Waals surface area contributed by atoms with Crippen LogP contribution in [0.3, 0.4) is 0 Å². The van der Waals surface area contributed by atoms with Gasteiger partial charge in [-0.3, -0.25) is 0 Å². The van der Waals surface area contributed by atoms with E-state index < -0.39 is 0 Å². The first kappa shape index (κ1) is 15.9. The maximum Gasteiger partial charge on any atom is 0.0614 e. The monoisotopic (exact) mass is 257 g/mol. The Morgan fingerprint density at radius 3 is 2.67 bits per heavy atom. The highest BCUT2D eigenvalue weighted by molar-refractivity contribution is 4.96. The largest absolute Gasteiger partial charge is 0.394 e. The summed E-state index contributed by atoms with van der Waals surface area (Å²) in [5.41, 5.74) is -0.0678. The highest BCUT2D eigenvalue weighted by Gasteiger charge is 2.38. The Hall–Kier alpha value is -0.120. The van der Waals surface area contributed by atoms with Gasteiger partial charge in [0, 0.05) is 12.1 Å². The molecule has 0 aromatic carbocycles. The molecule has 1 aliphatic rings. The van der Waals surface area contributed by atoms with Crippen molar-refractivity contribution in [3.8, 4) is 0 Å². The molecule has 2 N–H and O–H groups in total. The van der Waals surface area contributed by atoms with Gasteiger partial charge in [0.2, 0.25) is 0 Å². The third-order valence-corrected chi connectivity index (χ3v) is 4.02. The standard InChI is InChI=1S/C15H31NO2/c1-3-5-6-7-8-11-18-14-9-10-15(12-14,13-17)16-4-2/h14,16-17H,3-13H2,1-2H3. The lowest BCUT2D eigenvalue weighted by atomic mass is 9.99. The minimum absolute atomic E-state index is 0.0678. The minimum Gasteiger partial charge on any atom is -0.394 e.